The number of nitrogens with zero attached hydrogens (tertiary/aromatic N) is 2. The molecular weight excluding hydrogens is 244 g/mol. The van der Waals surface area contributed by atoms with E-state index in [1.807, 2.05) is 0 Å². The van der Waals surface area contributed by atoms with Crippen molar-refractivity contribution >= 4 is 17.7 Å². The highest BCUT2D eigenvalue weighted by atomic mass is 32.2. The molecular formula is C11H9F2N3S. The van der Waals surface area contributed by atoms with Crippen LogP contribution in [0.1, 0.15) is 5.69 Å². The average molecular weight is 253 g/mol. The number of rotatable bonds is 2. The van der Waals surface area contributed by atoms with Crippen LogP contribution in [0, 0.1) is 18.6 Å². The topological polar surface area (TPSA) is 51.8 Å². The summed E-state index contributed by atoms with van der Waals surface area (Å²) in [5.74, 6) is -1.09. The predicted molar refractivity (Wildman–Crippen MR) is 61.7 cm³/mol. The number of halogens is 2. The van der Waals surface area contributed by atoms with Gasteiger partial charge in [0.1, 0.15) is 16.7 Å². The lowest BCUT2D eigenvalue weighted by Gasteiger charge is -2.04. The fraction of sp³-hybridized carbons (Fsp3) is 0.0909. The van der Waals surface area contributed by atoms with E-state index < -0.39 is 11.6 Å². The summed E-state index contributed by atoms with van der Waals surface area (Å²) in [5.41, 5.74) is 6.18. The summed E-state index contributed by atoms with van der Waals surface area (Å²) in [6.45, 7) is 1.77. The third-order valence-corrected chi connectivity index (χ3v) is 2.93. The summed E-state index contributed by atoms with van der Waals surface area (Å²) >= 11 is 1.08. The van der Waals surface area contributed by atoms with E-state index in [0.717, 1.165) is 17.8 Å². The molecule has 1 heterocycles. The maximum atomic E-state index is 13.4. The molecule has 17 heavy (non-hydrogen) atoms. The van der Waals surface area contributed by atoms with Crippen molar-refractivity contribution in [1.82, 2.24) is 9.97 Å². The molecule has 0 atom stereocenters. The Bertz CT molecular complexity index is 540. The van der Waals surface area contributed by atoms with Gasteiger partial charge in [-0.25, -0.2) is 18.7 Å². The largest absolute Gasteiger partial charge is 0.368 e. The Morgan fingerprint density at radius 2 is 1.94 bits per heavy atom. The molecule has 0 unspecified atom stereocenters. The first kappa shape index (κ1) is 11.8. The quantitative estimate of drug-likeness (QED) is 0.836. The normalized spacial score (nSPS) is 10.5. The van der Waals surface area contributed by atoms with Gasteiger partial charge >= 0.3 is 0 Å². The second-order valence-electron chi connectivity index (χ2n) is 3.38. The van der Waals surface area contributed by atoms with Crippen molar-refractivity contribution in [3.8, 4) is 0 Å². The van der Waals surface area contributed by atoms with Gasteiger partial charge in [-0.3, -0.25) is 0 Å². The predicted octanol–water partition coefficient (Wildman–Crippen LogP) is 2.80. The average Bonchev–Trinajstić information content (AvgIpc) is 2.21. The molecule has 3 nitrogen and oxygen atoms in total. The fourth-order valence-electron chi connectivity index (χ4n) is 1.28. The first-order chi connectivity index (χ1) is 8.04. The van der Waals surface area contributed by atoms with Gasteiger partial charge in [-0.1, -0.05) is 11.8 Å². The lowest BCUT2D eigenvalue weighted by molar-refractivity contribution is 0.565. The van der Waals surface area contributed by atoms with Gasteiger partial charge in [-0.2, -0.15) is 0 Å². The van der Waals surface area contributed by atoms with Gasteiger partial charge in [0.15, 0.2) is 0 Å². The van der Waals surface area contributed by atoms with Crippen LogP contribution in [0.2, 0.25) is 0 Å². The van der Waals surface area contributed by atoms with Crippen molar-refractivity contribution < 1.29 is 8.78 Å². The van der Waals surface area contributed by atoms with Gasteiger partial charge in [0, 0.05) is 16.7 Å². The first-order valence-electron chi connectivity index (χ1n) is 4.78. The number of nitrogens with two attached hydrogens (primary N) is 1. The van der Waals surface area contributed by atoms with Gasteiger partial charge in [-0.15, -0.1) is 0 Å². The zero-order chi connectivity index (χ0) is 12.4. The van der Waals surface area contributed by atoms with Gasteiger partial charge in [0.25, 0.3) is 0 Å². The minimum absolute atomic E-state index is 0.134. The van der Waals surface area contributed by atoms with Crippen molar-refractivity contribution in [3.63, 3.8) is 0 Å². The standard InChI is InChI=1S/C11H9F2N3S/c1-6-4-10(16-11(14)15-6)17-9-3-2-7(12)5-8(9)13/h2-5H,1H3,(H2,14,15,16). The van der Waals surface area contributed by atoms with Crippen LogP contribution in [0.5, 0.6) is 0 Å². The molecule has 2 aromatic rings. The third-order valence-electron chi connectivity index (χ3n) is 1.96. The highest BCUT2D eigenvalue weighted by molar-refractivity contribution is 7.99. The van der Waals surface area contributed by atoms with Gasteiger partial charge < -0.3 is 5.73 Å². The molecule has 0 aliphatic rings. The summed E-state index contributed by atoms with van der Waals surface area (Å²) in [5, 5.41) is 0.528. The molecule has 0 radical (unpaired) electrons. The van der Waals surface area contributed by atoms with Crippen molar-refractivity contribution in [2.45, 2.75) is 16.8 Å². The number of anilines is 1. The lowest BCUT2D eigenvalue weighted by atomic mass is 10.3. The maximum Gasteiger partial charge on any atom is 0.221 e. The van der Waals surface area contributed by atoms with Crippen LogP contribution in [0.15, 0.2) is 34.2 Å². The van der Waals surface area contributed by atoms with Crippen molar-refractivity contribution in [2.75, 3.05) is 5.73 Å². The molecule has 6 heteroatoms. The van der Waals surface area contributed by atoms with Gasteiger partial charge in [0.05, 0.1) is 0 Å². The Balaban J connectivity index is 2.31. The Morgan fingerprint density at radius 1 is 1.18 bits per heavy atom. The second-order valence-corrected chi connectivity index (χ2v) is 4.44. The van der Waals surface area contributed by atoms with Crippen molar-refractivity contribution in [3.05, 3.63) is 41.6 Å². The molecule has 2 rings (SSSR count). The molecule has 0 fully saturated rings. The maximum absolute atomic E-state index is 13.4. The zero-order valence-corrected chi connectivity index (χ0v) is 9.76. The van der Waals surface area contributed by atoms with E-state index in [-0.39, 0.29) is 5.95 Å². The number of benzene rings is 1. The van der Waals surface area contributed by atoms with Crippen LogP contribution in [0.3, 0.4) is 0 Å². The minimum Gasteiger partial charge on any atom is -0.368 e. The van der Waals surface area contributed by atoms with Crippen LogP contribution >= 0.6 is 11.8 Å². The Morgan fingerprint density at radius 3 is 2.59 bits per heavy atom. The van der Waals surface area contributed by atoms with Crippen LogP contribution in [-0.4, -0.2) is 9.97 Å². The molecule has 0 saturated carbocycles. The number of aryl methyl sites for hydroxylation is 1. The highest BCUT2D eigenvalue weighted by Crippen LogP contribution is 2.29. The van der Waals surface area contributed by atoms with E-state index >= 15 is 0 Å². The van der Waals surface area contributed by atoms with E-state index in [9.17, 15) is 8.78 Å². The molecule has 0 spiro atoms. The Labute approximate surface area is 101 Å². The van der Waals surface area contributed by atoms with Crippen molar-refractivity contribution in [1.29, 1.82) is 0 Å². The second kappa shape index (κ2) is 4.67. The molecule has 0 aliphatic heterocycles. The van der Waals surface area contributed by atoms with Crippen LogP contribution < -0.4 is 5.73 Å². The number of hydrogen-bond donors (Lipinski definition) is 1. The lowest BCUT2D eigenvalue weighted by Crippen LogP contribution is -1.97. The molecule has 0 bridgehead atoms. The summed E-state index contributed by atoms with van der Waals surface area (Å²) in [4.78, 5) is 8.17. The fourth-order valence-corrected chi connectivity index (χ4v) is 2.17. The monoisotopic (exact) mass is 253 g/mol. The smallest absolute Gasteiger partial charge is 0.221 e. The number of hydrogen-bond acceptors (Lipinski definition) is 4. The van der Waals surface area contributed by atoms with E-state index in [1.165, 1.54) is 12.1 Å². The third kappa shape index (κ3) is 2.91. The summed E-state index contributed by atoms with van der Waals surface area (Å²) in [6, 6.07) is 5.08. The summed E-state index contributed by atoms with van der Waals surface area (Å²) in [7, 11) is 0. The van der Waals surface area contributed by atoms with Crippen molar-refractivity contribution in [2.24, 2.45) is 0 Å². The first-order valence-corrected chi connectivity index (χ1v) is 5.60. The van der Waals surface area contributed by atoms with E-state index in [0.29, 0.717) is 15.6 Å². The van der Waals surface area contributed by atoms with E-state index in [4.69, 9.17) is 5.73 Å². The summed E-state index contributed by atoms with van der Waals surface area (Å²) in [6.07, 6.45) is 0. The van der Waals surface area contributed by atoms with Gasteiger partial charge in [0.2, 0.25) is 5.95 Å². The van der Waals surface area contributed by atoms with Crippen LogP contribution in [0.4, 0.5) is 14.7 Å². The number of nitrogen functional groups attached to an aromatic ring is 1. The molecule has 1 aromatic heterocycles. The molecule has 88 valence electrons. The van der Waals surface area contributed by atoms with E-state index in [1.54, 1.807) is 13.0 Å². The number of aromatic nitrogens is 2. The molecule has 1 aromatic carbocycles. The Kier molecular flexibility index (Phi) is 3.23. The molecule has 2 N–H and O–H groups in total. The summed E-state index contributed by atoms with van der Waals surface area (Å²) < 4.78 is 26.1. The van der Waals surface area contributed by atoms with E-state index in [2.05, 4.69) is 9.97 Å². The molecule has 0 amide bonds. The Hall–Kier alpha value is -1.69. The highest BCUT2D eigenvalue weighted by Gasteiger charge is 2.07. The van der Waals surface area contributed by atoms with Crippen LogP contribution in [0.25, 0.3) is 0 Å². The van der Waals surface area contributed by atoms with Crippen LogP contribution in [-0.2, 0) is 0 Å². The molecule has 0 saturated heterocycles. The molecule has 0 aliphatic carbocycles. The van der Waals surface area contributed by atoms with Gasteiger partial charge in [-0.05, 0) is 25.1 Å². The SMILES string of the molecule is Cc1cc(Sc2ccc(F)cc2F)nc(N)n1. The zero-order valence-electron chi connectivity index (χ0n) is 8.95. The minimum atomic E-state index is -0.621.